The van der Waals surface area contributed by atoms with E-state index >= 15 is 0 Å². The first-order valence-electron chi connectivity index (χ1n) is 5.07. The summed E-state index contributed by atoms with van der Waals surface area (Å²) in [7, 11) is 5.49. The van der Waals surface area contributed by atoms with Crippen LogP contribution in [0.25, 0.3) is 0 Å². The molecular weight excluding hydrogens is 181 g/mol. The maximum Gasteiger partial charge on any atom is 0.112 e. The molecule has 0 aromatic rings. The van der Waals surface area contributed by atoms with E-state index in [-0.39, 0.29) is 0 Å². The van der Waals surface area contributed by atoms with E-state index in [1.165, 1.54) is 5.57 Å². The summed E-state index contributed by atoms with van der Waals surface area (Å²) in [6.07, 6.45) is 6.75. The summed E-state index contributed by atoms with van der Waals surface area (Å²) >= 11 is 0. The van der Waals surface area contributed by atoms with E-state index in [4.69, 9.17) is 7.85 Å². The molecule has 0 unspecified atom stereocenters. The maximum absolute atomic E-state index is 5.49. The molecule has 0 saturated heterocycles. The van der Waals surface area contributed by atoms with Crippen molar-refractivity contribution >= 4 is 13.6 Å². The van der Waals surface area contributed by atoms with E-state index < -0.39 is 0 Å². The molecular formula is C13H16BN. The number of nitrogens with zero attached hydrogens (tertiary/aromatic N) is 1. The average Bonchev–Trinajstić information content (AvgIpc) is 2.47. The molecule has 0 atom stereocenters. The Morgan fingerprint density at radius 1 is 1.40 bits per heavy atom. The minimum absolute atomic E-state index is 0.564. The number of rotatable bonds is 3. The van der Waals surface area contributed by atoms with Gasteiger partial charge in [-0.05, 0) is 31.9 Å². The molecule has 0 amide bonds. The van der Waals surface area contributed by atoms with Crippen LogP contribution in [-0.4, -0.2) is 13.6 Å². The Kier molecular flexibility index (Phi) is 3.90. The van der Waals surface area contributed by atoms with Crippen LogP contribution in [0.4, 0.5) is 0 Å². The van der Waals surface area contributed by atoms with Gasteiger partial charge >= 0.3 is 0 Å². The molecule has 0 bridgehead atoms. The van der Waals surface area contributed by atoms with E-state index in [1.54, 1.807) is 6.08 Å². The highest BCUT2D eigenvalue weighted by molar-refractivity contribution is 6.23. The van der Waals surface area contributed by atoms with Crippen LogP contribution in [0, 0.1) is 0 Å². The lowest BCUT2D eigenvalue weighted by Gasteiger charge is -2.01. The van der Waals surface area contributed by atoms with Crippen molar-refractivity contribution in [2.75, 3.05) is 0 Å². The fourth-order valence-electron chi connectivity index (χ4n) is 1.44. The maximum atomic E-state index is 5.49. The fraction of sp³-hybridized carbons (Fsp3) is 0.308. The lowest BCUT2D eigenvalue weighted by Crippen LogP contribution is -1.97. The molecule has 76 valence electrons. The van der Waals surface area contributed by atoms with Gasteiger partial charge in [0.2, 0.25) is 0 Å². The Hall–Kier alpha value is -1.31. The Morgan fingerprint density at radius 3 is 2.47 bits per heavy atom. The van der Waals surface area contributed by atoms with Crippen molar-refractivity contribution in [1.29, 1.82) is 0 Å². The van der Waals surface area contributed by atoms with Crippen LogP contribution in [0.3, 0.4) is 0 Å². The average molecular weight is 197 g/mol. The summed E-state index contributed by atoms with van der Waals surface area (Å²) in [4.78, 5) is 4.52. The van der Waals surface area contributed by atoms with Gasteiger partial charge in [-0.25, -0.2) is 0 Å². The molecule has 0 aromatic heterocycles. The molecule has 15 heavy (non-hydrogen) atoms. The summed E-state index contributed by atoms with van der Waals surface area (Å²) in [5.41, 5.74) is 5.27. The summed E-state index contributed by atoms with van der Waals surface area (Å²) in [6.45, 7) is 9.79. The SMILES string of the molecule is [B]C(=C)/C=C\C(=C/C)C1=NC(C)=C(C)C1. The molecule has 2 heteroatoms. The van der Waals surface area contributed by atoms with Gasteiger partial charge in [-0.15, -0.1) is 12.1 Å². The van der Waals surface area contributed by atoms with Crippen LogP contribution in [0.1, 0.15) is 27.2 Å². The van der Waals surface area contributed by atoms with E-state index in [1.807, 2.05) is 26.0 Å². The lowest BCUT2D eigenvalue weighted by molar-refractivity contribution is 1.22. The van der Waals surface area contributed by atoms with Crippen molar-refractivity contribution in [2.45, 2.75) is 27.2 Å². The topological polar surface area (TPSA) is 12.4 Å². The highest BCUT2D eigenvalue weighted by atomic mass is 14.8. The van der Waals surface area contributed by atoms with Crippen molar-refractivity contribution < 1.29 is 0 Å². The molecule has 0 saturated carbocycles. The third-order valence-corrected chi connectivity index (χ3v) is 2.47. The highest BCUT2D eigenvalue weighted by Crippen LogP contribution is 2.22. The second-order valence-electron chi connectivity index (χ2n) is 3.75. The van der Waals surface area contributed by atoms with Crippen molar-refractivity contribution in [2.24, 2.45) is 4.99 Å². The fourth-order valence-corrected chi connectivity index (χ4v) is 1.44. The molecule has 0 aliphatic carbocycles. The number of aliphatic imine (C=N–C) groups is 1. The number of hydrogen-bond acceptors (Lipinski definition) is 1. The Bertz CT molecular complexity index is 395. The van der Waals surface area contributed by atoms with E-state index in [2.05, 4.69) is 18.5 Å². The zero-order valence-electron chi connectivity index (χ0n) is 9.67. The van der Waals surface area contributed by atoms with Gasteiger partial charge in [-0.1, -0.05) is 18.2 Å². The van der Waals surface area contributed by atoms with E-state index in [0.29, 0.717) is 5.47 Å². The number of hydrogen-bond donors (Lipinski definition) is 0. The van der Waals surface area contributed by atoms with Crippen molar-refractivity contribution in [3.63, 3.8) is 0 Å². The van der Waals surface area contributed by atoms with Crippen LogP contribution < -0.4 is 0 Å². The van der Waals surface area contributed by atoms with Crippen molar-refractivity contribution in [1.82, 2.24) is 0 Å². The summed E-state index contributed by atoms with van der Waals surface area (Å²) < 4.78 is 0. The Labute approximate surface area is 93.4 Å². The highest BCUT2D eigenvalue weighted by Gasteiger charge is 2.12. The van der Waals surface area contributed by atoms with Crippen LogP contribution in [0.15, 0.2) is 52.1 Å². The zero-order valence-corrected chi connectivity index (χ0v) is 9.67. The van der Waals surface area contributed by atoms with E-state index in [9.17, 15) is 0 Å². The van der Waals surface area contributed by atoms with Gasteiger partial charge in [0.1, 0.15) is 7.85 Å². The van der Waals surface area contributed by atoms with E-state index in [0.717, 1.165) is 23.4 Å². The Balaban J connectivity index is 2.82. The number of allylic oxidation sites excluding steroid dienone is 7. The predicted molar refractivity (Wildman–Crippen MR) is 68.2 cm³/mol. The minimum Gasteiger partial charge on any atom is -0.257 e. The molecule has 2 radical (unpaired) electrons. The molecule has 0 spiro atoms. The zero-order chi connectivity index (χ0) is 11.4. The molecule has 1 aliphatic rings. The molecule has 0 fully saturated rings. The summed E-state index contributed by atoms with van der Waals surface area (Å²) in [6, 6.07) is 0. The molecule has 1 aliphatic heterocycles. The van der Waals surface area contributed by atoms with Crippen molar-refractivity contribution in [3.05, 3.63) is 47.1 Å². The molecule has 1 heterocycles. The second kappa shape index (κ2) is 4.97. The smallest absolute Gasteiger partial charge is 0.112 e. The first kappa shape index (κ1) is 11.8. The molecule has 0 N–H and O–H groups in total. The monoisotopic (exact) mass is 197 g/mol. The van der Waals surface area contributed by atoms with Crippen LogP contribution in [0.2, 0.25) is 0 Å². The molecule has 1 nitrogen and oxygen atoms in total. The first-order valence-corrected chi connectivity index (χ1v) is 5.07. The van der Waals surface area contributed by atoms with Crippen LogP contribution >= 0.6 is 0 Å². The summed E-state index contributed by atoms with van der Waals surface area (Å²) in [5, 5.41) is 0. The quantitative estimate of drug-likeness (QED) is 0.486. The third kappa shape index (κ3) is 3.09. The van der Waals surface area contributed by atoms with Gasteiger partial charge in [0, 0.05) is 12.1 Å². The first-order chi connectivity index (χ1) is 7.04. The summed E-state index contributed by atoms with van der Waals surface area (Å²) in [5.74, 6) is 0. The van der Waals surface area contributed by atoms with Gasteiger partial charge in [0.05, 0.1) is 5.71 Å². The second-order valence-corrected chi connectivity index (χ2v) is 3.75. The van der Waals surface area contributed by atoms with Gasteiger partial charge in [0.15, 0.2) is 0 Å². The third-order valence-electron chi connectivity index (χ3n) is 2.47. The van der Waals surface area contributed by atoms with Gasteiger partial charge in [0.25, 0.3) is 0 Å². The van der Waals surface area contributed by atoms with Crippen molar-refractivity contribution in [3.8, 4) is 0 Å². The van der Waals surface area contributed by atoms with Crippen LogP contribution in [-0.2, 0) is 0 Å². The normalized spacial score (nSPS) is 17.5. The van der Waals surface area contributed by atoms with Gasteiger partial charge < -0.3 is 0 Å². The van der Waals surface area contributed by atoms with Crippen LogP contribution in [0.5, 0.6) is 0 Å². The standard InChI is InChI=1S/C13H16BN/c1-5-12(7-6-10(3)14)13-8-9(2)11(4)15-13/h5-7H,3,8H2,1-2,4H3/b7-6-,12-5+. The lowest BCUT2D eigenvalue weighted by atomic mass is 9.95. The molecule has 0 aromatic carbocycles. The molecule has 1 rings (SSSR count). The minimum atomic E-state index is 0.564. The predicted octanol–water partition coefficient (Wildman–Crippen LogP) is 3.31. The largest absolute Gasteiger partial charge is 0.257 e. The Morgan fingerprint density at radius 2 is 2.07 bits per heavy atom. The van der Waals surface area contributed by atoms with Gasteiger partial charge in [-0.3, -0.25) is 4.99 Å². The van der Waals surface area contributed by atoms with Gasteiger partial charge in [-0.2, -0.15) is 0 Å².